The molecular weight excluding hydrogens is 216 g/mol. The van der Waals surface area contributed by atoms with Gasteiger partial charge in [0.25, 0.3) is 5.91 Å². The van der Waals surface area contributed by atoms with Crippen molar-refractivity contribution >= 4 is 5.91 Å². The van der Waals surface area contributed by atoms with E-state index in [4.69, 9.17) is 0 Å². The van der Waals surface area contributed by atoms with Gasteiger partial charge in [-0.15, -0.1) is 0 Å². The molecule has 0 bridgehead atoms. The number of halogens is 2. The van der Waals surface area contributed by atoms with E-state index in [2.05, 4.69) is 5.10 Å². The molecule has 1 amide bonds. The van der Waals surface area contributed by atoms with Crippen LogP contribution < -0.4 is 0 Å². The first-order valence-electron chi connectivity index (χ1n) is 5.17. The van der Waals surface area contributed by atoms with E-state index in [0.29, 0.717) is 6.54 Å². The molecule has 1 aliphatic rings. The molecule has 4 nitrogen and oxygen atoms in total. The van der Waals surface area contributed by atoms with E-state index in [1.165, 1.54) is 4.90 Å². The fourth-order valence-corrected chi connectivity index (χ4v) is 2.11. The van der Waals surface area contributed by atoms with Crippen LogP contribution in [0.3, 0.4) is 0 Å². The molecule has 1 atom stereocenters. The number of carbonyl (C=O) groups excluding carboxylic acids is 1. The molecule has 88 valence electrons. The Hall–Kier alpha value is -1.46. The molecule has 1 aliphatic heterocycles. The van der Waals surface area contributed by atoms with Crippen LogP contribution in [0.5, 0.6) is 0 Å². The second kappa shape index (κ2) is 4.19. The van der Waals surface area contributed by atoms with Crippen LogP contribution in [0.15, 0.2) is 12.4 Å². The number of likely N-dealkylation sites (tertiary alicyclic amines) is 1. The summed E-state index contributed by atoms with van der Waals surface area (Å²) in [5.74, 6) is -1.08. The fraction of sp³-hybridized carbons (Fsp3) is 0.600. The van der Waals surface area contributed by atoms with Gasteiger partial charge in [-0.1, -0.05) is 0 Å². The number of amides is 1. The molecule has 6 heteroatoms. The van der Waals surface area contributed by atoms with Crippen LogP contribution >= 0.6 is 0 Å². The average Bonchev–Trinajstić information content (AvgIpc) is 2.83. The molecule has 0 N–H and O–H groups in total. The first kappa shape index (κ1) is 11.0. The zero-order valence-corrected chi connectivity index (χ0v) is 8.94. The summed E-state index contributed by atoms with van der Waals surface area (Å²) >= 11 is 0. The van der Waals surface area contributed by atoms with Crippen molar-refractivity contribution in [3.05, 3.63) is 18.0 Å². The summed E-state index contributed by atoms with van der Waals surface area (Å²) in [4.78, 5) is 12.5. The molecule has 1 saturated heterocycles. The summed E-state index contributed by atoms with van der Waals surface area (Å²) in [6, 6.07) is -0.241. The molecule has 0 spiro atoms. The van der Waals surface area contributed by atoms with Crippen molar-refractivity contribution in [2.75, 3.05) is 6.54 Å². The molecule has 0 aliphatic carbocycles. The van der Waals surface area contributed by atoms with Crippen LogP contribution in [0.25, 0.3) is 0 Å². The highest BCUT2D eigenvalue weighted by Crippen LogP contribution is 2.32. The highest BCUT2D eigenvalue weighted by Gasteiger charge is 2.34. The molecule has 0 saturated carbocycles. The standard InChI is InChI=1S/C10H13F2N3O/c1-14-6-7(5-13-14)8-3-2-4-15(8)10(16)9(11)12/h5-6,8-9H,2-4H2,1H3/t8-/m0/s1. The van der Waals surface area contributed by atoms with Gasteiger partial charge in [0.1, 0.15) is 0 Å². The van der Waals surface area contributed by atoms with E-state index in [1.807, 2.05) is 0 Å². The summed E-state index contributed by atoms with van der Waals surface area (Å²) in [7, 11) is 1.76. The third kappa shape index (κ3) is 1.91. The Balaban J connectivity index is 2.18. The van der Waals surface area contributed by atoms with Crippen LogP contribution in [-0.2, 0) is 11.8 Å². The van der Waals surface area contributed by atoms with Crippen molar-refractivity contribution in [1.82, 2.24) is 14.7 Å². The van der Waals surface area contributed by atoms with E-state index >= 15 is 0 Å². The van der Waals surface area contributed by atoms with E-state index in [0.717, 1.165) is 18.4 Å². The maximum atomic E-state index is 12.4. The number of hydrogen-bond donors (Lipinski definition) is 0. The quantitative estimate of drug-likeness (QED) is 0.767. The van der Waals surface area contributed by atoms with Crippen molar-refractivity contribution in [3.8, 4) is 0 Å². The van der Waals surface area contributed by atoms with Crippen molar-refractivity contribution in [2.24, 2.45) is 7.05 Å². The lowest BCUT2D eigenvalue weighted by Crippen LogP contribution is -2.34. The van der Waals surface area contributed by atoms with Crippen LogP contribution in [-0.4, -0.2) is 33.6 Å². The molecular formula is C10H13F2N3O. The molecule has 0 aromatic carbocycles. The number of carbonyl (C=O) groups is 1. The zero-order chi connectivity index (χ0) is 11.7. The number of nitrogens with zero attached hydrogens (tertiary/aromatic N) is 3. The minimum absolute atomic E-state index is 0.241. The van der Waals surface area contributed by atoms with Crippen molar-refractivity contribution in [2.45, 2.75) is 25.3 Å². The summed E-state index contributed by atoms with van der Waals surface area (Å²) in [5, 5.41) is 3.99. The van der Waals surface area contributed by atoms with Crippen LogP contribution in [0.1, 0.15) is 24.4 Å². The van der Waals surface area contributed by atoms with Gasteiger partial charge in [0.2, 0.25) is 0 Å². The molecule has 0 unspecified atom stereocenters. The zero-order valence-electron chi connectivity index (χ0n) is 8.94. The van der Waals surface area contributed by atoms with Gasteiger partial charge in [-0.3, -0.25) is 9.48 Å². The number of alkyl halides is 2. The Morgan fingerprint density at radius 3 is 2.94 bits per heavy atom. The number of hydrogen-bond acceptors (Lipinski definition) is 2. The number of rotatable bonds is 2. The lowest BCUT2D eigenvalue weighted by Gasteiger charge is -2.23. The van der Waals surface area contributed by atoms with Gasteiger partial charge in [0.15, 0.2) is 0 Å². The first-order valence-corrected chi connectivity index (χ1v) is 5.17. The summed E-state index contributed by atoms with van der Waals surface area (Å²) in [6.45, 7) is 0.405. The second-order valence-electron chi connectivity index (χ2n) is 3.94. The highest BCUT2D eigenvalue weighted by molar-refractivity contribution is 5.80. The fourth-order valence-electron chi connectivity index (χ4n) is 2.11. The largest absolute Gasteiger partial charge is 0.331 e. The number of aromatic nitrogens is 2. The normalized spacial score (nSPS) is 20.8. The van der Waals surface area contributed by atoms with Crippen LogP contribution in [0.4, 0.5) is 8.78 Å². The Morgan fingerprint density at radius 1 is 1.62 bits per heavy atom. The summed E-state index contributed by atoms with van der Waals surface area (Å²) in [6.07, 6.45) is 1.96. The second-order valence-corrected chi connectivity index (χ2v) is 3.94. The molecule has 1 aromatic heterocycles. The van der Waals surface area contributed by atoms with Crippen molar-refractivity contribution < 1.29 is 13.6 Å². The Bertz CT molecular complexity index is 391. The third-order valence-electron chi connectivity index (χ3n) is 2.83. The van der Waals surface area contributed by atoms with Gasteiger partial charge >= 0.3 is 6.43 Å². The minimum Gasteiger partial charge on any atom is -0.331 e. The Labute approximate surface area is 91.8 Å². The van der Waals surface area contributed by atoms with Gasteiger partial charge in [0.05, 0.1) is 12.2 Å². The predicted molar refractivity (Wildman–Crippen MR) is 52.9 cm³/mol. The van der Waals surface area contributed by atoms with E-state index < -0.39 is 12.3 Å². The lowest BCUT2D eigenvalue weighted by molar-refractivity contribution is -0.143. The van der Waals surface area contributed by atoms with E-state index in [1.54, 1.807) is 24.1 Å². The molecule has 2 rings (SSSR count). The Kier molecular flexibility index (Phi) is 2.89. The average molecular weight is 229 g/mol. The van der Waals surface area contributed by atoms with Gasteiger partial charge in [0, 0.05) is 25.4 Å². The topological polar surface area (TPSA) is 38.1 Å². The molecule has 1 fully saturated rings. The van der Waals surface area contributed by atoms with E-state index in [-0.39, 0.29) is 6.04 Å². The first-order chi connectivity index (χ1) is 7.59. The molecule has 1 aromatic rings. The van der Waals surface area contributed by atoms with Crippen molar-refractivity contribution in [1.29, 1.82) is 0 Å². The molecule has 0 radical (unpaired) electrons. The van der Waals surface area contributed by atoms with Crippen LogP contribution in [0.2, 0.25) is 0 Å². The van der Waals surface area contributed by atoms with Gasteiger partial charge in [-0.05, 0) is 12.8 Å². The molecule has 16 heavy (non-hydrogen) atoms. The smallest absolute Gasteiger partial charge is 0.315 e. The van der Waals surface area contributed by atoms with E-state index in [9.17, 15) is 13.6 Å². The van der Waals surface area contributed by atoms with Gasteiger partial charge in [-0.25, -0.2) is 0 Å². The third-order valence-corrected chi connectivity index (χ3v) is 2.83. The van der Waals surface area contributed by atoms with Gasteiger partial charge < -0.3 is 4.90 Å². The minimum atomic E-state index is -2.92. The van der Waals surface area contributed by atoms with Crippen molar-refractivity contribution in [3.63, 3.8) is 0 Å². The maximum absolute atomic E-state index is 12.4. The number of aryl methyl sites for hydroxylation is 1. The Morgan fingerprint density at radius 2 is 2.38 bits per heavy atom. The maximum Gasteiger partial charge on any atom is 0.315 e. The van der Waals surface area contributed by atoms with Gasteiger partial charge in [-0.2, -0.15) is 13.9 Å². The predicted octanol–water partition coefficient (Wildman–Crippen LogP) is 1.35. The monoisotopic (exact) mass is 229 g/mol. The summed E-state index contributed by atoms with van der Waals surface area (Å²) in [5.41, 5.74) is 0.828. The molecule has 2 heterocycles. The lowest BCUT2D eigenvalue weighted by atomic mass is 10.1. The SMILES string of the molecule is Cn1cc([C@@H]2CCCN2C(=O)C(F)F)cn1. The summed E-state index contributed by atoms with van der Waals surface area (Å²) < 4.78 is 26.3. The highest BCUT2D eigenvalue weighted by atomic mass is 19.3. The van der Waals surface area contributed by atoms with Crippen LogP contribution in [0, 0.1) is 0 Å².